The van der Waals surface area contributed by atoms with Crippen molar-refractivity contribution in [3.05, 3.63) is 33.9 Å². The number of nitro groups is 1. The van der Waals surface area contributed by atoms with Gasteiger partial charge in [0.05, 0.1) is 25.2 Å². The third-order valence-corrected chi connectivity index (χ3v) is 3.60. The lowest BCUT2D eigenvalue weighted by Gasteiger charge is -2.12. The Kier molecular flexibility index (Phi) is 5.03. The van der Waals surface area contributed by atoms with Crippen molar-refractivity contribution in [3.63, 3.8) is 0 Å². The Labute approximate surface area is 123 Å². The van der Waals surface area contributed by atoms with E-state index in [2.05, 4.69) is 11.4 Å². The van der Waals surface area contributed by atoms with Crippen LogP contribution in [0.3, 0.4) is 0 Å². The summed E-state index contributed by atoms with van der Waals surface area (Å²) >= 11 is 0. The lowest BCUT2D eigenvalue weighted by molar-refractivity contribution is -0.384. The summed E-state index contributed by atoms with van der Waals surface area (Å²) in [6.45, 7) is 0.669. The second-order valence-corrected chi connectivity index (χ2v) is 4.91. The van der Waals surface area contributed by atoms with Crippen molar-refractivity contribution in [2.24, 2.45) is 0 Å². The van der Waals surface area contributed by atoms with Gasteiger partial charge in [0.2, 0.25) is 0 Å². The second kappa shape index (κ2) is 6.97. The fourth-order valence-electron chi connectivity index (χ4n) is 2.48. The summed E-state index contributed by atoms with van der Waals surface area (Å²) in [6, 6.07) is 3.00. The maximum Gasteiger partial charge on any atom is 0.296 e. The number of methoxy groups -OCH3 is 2. The molecule has 0 bridgehead atoms. The highest BCUT2D eigenvalue weighted by Gasteiger charge is 2.19. The molecule has 114 valence electrons. The molecule has 6 nitrogen and oxygen atoms in total. The van der Waals surface area contributed by atoms with Crippen molar-refractivity contribution in [1.82, 2.24) is 0 Å². The number of nitrogens with zero attached hydrogens (tertiary/aromatic N) is 1. The number of nitrogens with one attached hydrogen (secondary N) is 1. The first-order chi connectivity index (χ1) is 10.2. The van der Waals surface area contributed by atoms with Crippen LogP contribution in [0.25, 0.3) is 0 Å². The van der Waals surface area contributed by atoms with E-state index in [1.165, 1.54) is 32.3 Å². The van der Waals surface area contributed by atoms with E-state index in [-0.39, 0.29) is 5.69 Å². The molecule has 0 fully saturated rings. The lowest BCUT2D eigenvalue weighted by atomic mass is 10.1. The monoisotopic (exact) mass is 292 g/mol. The van der Waals surface area contributed by atoms with Gasteiger partial charge in [0.25, 0.3) is 5.69 Å². The Morgan fingerprint density at radius 3 is 2.57 bits per heavy atom. The number of hydrogen-bond donors (Lipinski definition) is 1. The molecule has 2 rings (SSSR count). The van der Waals surface area contributed by atoms with Gasteiger partial charge in [-0.05, 0) is 25.7 Å². The van der Waals surface area contributed by atoms with Crippen molar-refractivity contribution < 1.29 is 14.4 Å². The molecule has 0 aromatic heterocycles. The van der Waals surface area contributed by atoms with Crippen LogP contribution in [-0.4, -0.2) is 25.7 Å². The van der Waals surface area contributed by atoms with Crippen LogP contribution in [0.2, 0.25) is 0 Å². The van der Waals surface area contributed by atoms with E-state index in [1.807, 2.05) is 0 Å². The highest BCUT2D eigenvalue weighted by Crippen LogP contribution is 2.37. The number of hydrogen-bond acceptors (Lipinski definition) is 5. The molecule has 0 radical (unpaired) electrons. The van der Waals surface area contributed by atoms with Crippen LogP contribution < -0.4 is 14.8 Å². The molecular formula is C15H20N2O4. The van der Waals surface area contributed by atoms with E-state index in [1.54, 1.807) is 6.07 Å². The minimum absolute atomic E-state index is 0.00643. The predicted molar refractivity (Wildman–Crippen MR) is 81.2 cm³/mol. The largest absolute Gasteiger partial charge is 0.493 e. The smallest absolute Gasteiger partial charge is 0.296 e. The highest BCUT2D eigenvalue weighted by molar-refractivity contribution is 5.68. The minimum Gasteiger partial charge on any atom is -0.493 e. The van der Waals surface area contributed by atoms with Crippen molar-refractivity contribution in [1.29, 1.82) is 0 Å². The molecule has 0 unspecified atom stereocenters. The lowest BCUT2D eigenvalue weighted by Crippen LogP contribution is -2.06. The van der Waals surface area contributed by atoms with Gasteiger partial charge < -0.3 is 14.8 Å². The van der Waals surface area contributed by atoms with Gasteiger partial charge in [-0.1, -0.05) is 11.6 Å². The Morgan fingerprint density at radius 1 is 1.29 bits per heavy atom. The fraction of sp³-hybridized carbons (Fsp3) is 0.467. The molecule has 1 N–H and O–H groups in total. The first kappa shape index (κ1) is 15.2. The van der Waals surface area contributed by atoms with Gasteiger partial charge in [-0.3, -0.25) is 10.1 Å². The molecule has 0 saturated heterocycles. The molecule has 0 aliphatic heterocycles. The van der Waals surface area contributed by atoms with E-state index in [9.17, 15) is 10.1 Å². The van der Waals surface area contributed by atoms with Crippen LogP contribution in [-0.2, 0) is 0 Å². The van der Waals surface area contributed by atoms with Crippen molar-refractivity contribution in [3.8, 4) is 11.5 Å². The zero-order valence-corrected chi connectivity index (χ0v) is 12.3. The Balaban J connectivity index is 2.13. The average Bonchev–Trinajstić information content (AvgIpc) is 2.99. The van der Waals surface area contributed by atoms with Gasteiger partial charge in [-0.15, -0.1) is 0 Å². The molecule has 1 aliphatic carbocycles. The number of rotatable bonds is 7. The van der Waals surface area contributed by atoms with Crippen LogP contribution in [0.1, 0.15) is 25.7 Å². The zero-order chi connectivity index (χ0) is 15.2. The number of nitro benzene ring substituents is 1. The van der Waals surface area contributed by atoms with Crippen LogP contribution in [0.5, 0.6) is 11.5 Å². The molecule has 0 atom stereocenters. The van der Waals surface area contributed by atoms with Crippen LogP contribution in [0, 0.1) is 10.1 Å². The number of allylic oxidation sites excluding steroid dienone is 1. The molecule has 0 saturated carbocycles. The Hall–Kier alpha value is -2.24. The summed E-state index contributed by atoms with van der Waals surface area (Å²) in [6.07, 6.45) is 6.66. The second-order valence-electron chi connectivity index (χ2n) is 4.91. The quantitative estimate of drug-likeness (QED) is 0.473. The first-order valence-corrected chi connectivity index (χ1v) is 6.98. The Bertz CT molecular complexity index is 555. The SMILES string of the molecule is COc1cc(NCCC2=CCCC2)c([N+](=O)[O-])cc1OC. The minimum atomic E-state index is -0.418. The molecular weight excluding hydrogens is 272 g/mol. The summed E-state index contributed by atoms with van der Waals surface area (Å²) in [4.78, 5) is 10.7. The number of anilines is 1. The van der Waals surface area contributed by atoms with E-state index >= 15 is 0 Å². The third-order valence-electron chi connectivity index (χ3n) is 3.60. The maximum atomic E-state index is 11.2. The molecule has 21 heavy (non-hydrogen) atoms. The summed E-state index contributed by atoms with van der Waals surface area (Å²) in [7, 11) is 2.97. The van der Waals surface area contributed by atoms with Crippen LogP contribution >= 0.6 is 0 Å². The summed E-state index contributed by atoms with van der Waals surface area (Å²) < 4.78 is 10.3. The van der Waals surface area contributed by atoms with Crippen LogP contribution in [0.4, 0.5) is 11.4 Å². The number of benzene rings is 1. The Morgan fingerprint density at radius 2 is 2.00 bits per heavy atom. The summed E-state index contributed by atoms with van der Waals surface area (Å²) in [5, 5.41) is 14.3. The van der Waals surface area contributed by atoms with E-state index < -0.39 is 4.92 Å². The van der Waals surface area contributed by atoms with Gasteiger partial charge in [0.1, 0.15) is 5.69 Å². The predicted octanol–water partition coefficient (Wildman–Crippen LogP) is 3.52. The summed E-state index contributed by atoms with van der Waals surface area (Å²) in [5.74, 6) is 0.832. The van der Waals surface area contributed by atoms with Gasteiger partial charge in [-0.25, -0.2) is 0 Å². The molecule has 6 heteroatoms. The van der Waals surface area contributed by atoms with Crippen molar-refractivity contribution >= 4 is 11.4 Å². The standard InChI is InChI=1S/C15H20N2O4/c1-20-14-9-12(13(17(18)19)10-15(14)21-2)16-8-7-11-5-3-4-6-11/h5,9-10,16H,3-4,6-8H2,1-2H3. The highest BCUT2D eigenvalue weighted by atomic mass is 16.6. The van der Waals surface area contributed by atoms with Gasteiger partial charge in [0, 0.05) is 12.6 Å². The fourth-order valence-corrected chi connectivity index (χ4v) is 2.48. The molecule has 1 aliphatic rings. The maximum absolute atomic E-state index is 11.2. The van der Waals surface area contributed by atoms with E-state index in [4.69, 9.17) is 9.47 Å². The van der Waals surface area contributed by atoms with Crippen molar-refractivity contribution in [2.75, 3.05) is 26.1 Å². The molecule has 1 aromatic carbocycles. The molecule has 0 spiro atoms. The average molecular weight is 292 g/mol. The normalized spacial score (nSPS) is 13.7. The van der Waals surface area contributed by atoms with Crippen LogP contribution in [0.15, 0.2) is 23.8 Å². The van der Waals surface area contributed by atoms with E-state index in [0.29, 0.717) is 23.7 Å². The summed E-state index contributed by atoms with van der Waals surface area (Å²) in [5.41, 5.74) is 1.87. The molecule has 0 amide bonds. The number of ether oxygens (including phenoxy) is 2. The van der Waals surface area contributed by atoms with Crippen molar-refractivity contribution in [2.45, 2.75) is 25.7 Å². The zero-order valence-electron chi connectivity index (χ0n) is 12.3. The topological polar surface area (TPSA) is 73.6 Å². The first-order valence-electron chi connectivity index (χ1n) is 6.98. The third kappa shape index (κ3) is 3.65. The van der Waals surface area contributed by atoms with Gasteiger partial charge in [-0.2, -0.15) is 0 Å². The van der Waals surface area contributed by atoms with Gasteiger partial charge >= 0.3 is 0 Å². The molecule has 1 aromatic rings. The molecule has 0 heterocycles. The van der Waals surface area contributed by atoms with E-state index in [0.717, 1.165) is 19.3 Å². The van der Waals surface area contributed by atoms with Gasteiger partial charge in [0.15, 0.2) is 11.5 Å².